The lowest BCUT2D eigenvalue weighted by Crippen LogP contribution is -2.40. The van der Waals surface area contributed by atoms with Crippen LogP contribution in [0.3, 0.4) is 0 Å². The van der Waals surface area contributed by atoms with E-state index in [4.69, 9.17) is 16.6 Å². The number of carboxylic acid groups (broad SMARTS) is 1. The van der Waals surface area contributed by atoms with Crippen molar-refractivity contribution in [1.29, 1.82) is 0 Å². The summed E-state index contributed by atoms with van der Waals surface area (Å²) < 4.78 is 2.66. The number of hydrogen-bond acceptors (Lipinski definition) is 8. The van der Waals surface area contributed by atoms with Crippen LogP contribution in [0.1, 0.15) is 61.4 Å². The van der Waals surface area contributed by atoms with E-state index in [1.54, 1.807) is 16.7 Å². The van der Waals surface area contributed by atoms with Crippen LogP contribution in [-0.4, -0.2) is 48.6 Å². The summed E-state index contributed by atoms with van der Waals surface area (Å²) in [7, 11) is 2.13. The SMILES string of the molecule is Cc1cc(-c2cc(Cl)ccc2CCCn2c(C)nc3c(c2=O)CC(N(C)Cc2cnc(C)s2)CC3)c2scc(C(=O)O)c2n1. The highest BCUT2D eigenvalue weighted by Crippen LogP contribution is 2.38. The Balaban J connectivity index is 1.23. The average molecular weight is 648 g/mol. The molecule has 4 heterocycles. The van der Waals surface area contributed by atoms with E-state index in [-0.39, 0.29) is 17.2 Å². The van der Waals surface area contributed by atoms with Crippen molar-refractivity contribution in [3.63, 3.8) is 0 Å². The van der Waals surface area contributed by atoms with Gasteiger partial charge in [-0.1, -0.05) is 17.7 Å². The van der Waals surface area contributed by atoms with Crippen LogP contribution in [-0.2, 0) is 32.4 Å². The van der Waals surface area contributed by atoms with Crippen LogP contribution in [0.2, 0.25) is 5.02 Å². The number of hydrogen-bond donors (Lipinski definition) is 1. The van der Waals surface area contributed by atoms with Gasteiger partial charge in [0.1, 0.15) is 5.82 Å². The van der Waals surface area contributed by atoms with E-state index in [9.17, 15) is 14.7 Å². The molecule has 1 aliphatic carbocycles. The fourth-order valence-electron chi connectivity index (χ4n) is 6.24. The van der Waals surface area contributed by atoms with Crippen LogP contribution in [0, 0.1) is 20.8 Å². The number of fused-ring (bicyclic) bond motifs is 2. The van der Waals surface area contributed by atoms with Crippen molar-refractivity contribution < 1.29 is 9.90 Å². The van der Waals surface area contributed by atoms with Crippen LogP contribution in [0.15, 0.2) is 40.6 Å². The third-order valence-electron chi connectivity index (χ3n) is 8.46. The summed E-state index contributed by atoms with van der Waals surface area (Å²) in [6.07, 6.45) is 5.90. The van der Waals surface area contributed by atoms with Gasteiger partial charge < -0.3 is 5.11 Å². The maximum Gasteiger partial charge on any atom is 0.338 e. The molecule has 1 aliphatic rings. The number of thiophene rings is 1. The third kappa shape index (κ3) is 6.08. The predicted molar refractivity (Wildman–Crippen MR) is 177 cm³/mol. The van der Waals surface area contributed by atoms with Crippen molar-refractivity contribution in [2.24, 2.45) is 0 Å². The standard InChI is InChI=1S/C33H34ClN5O3S2/c1-18-12-26(31-30(36-18)28(17-43-31)33(41)42)25-13-22(34)8-7-21(25)6-5-11-39-19(2)37-29-10-9-23(14-27(29)32(39)40)38(4)16-24-15-35-20(3)44-24/h7-8,12-13,15,17,23H,5-6,9-11,14,16H2,1-4H3,(H,41,42). The number of rotatable bonds is 9. The number of aromatic carboxylic acids is 1. The monoisotopic (exact) mass is 647 g/mol. The van der Waals surface area contributed by atoms with Crippen LogP contribution in [0.5, 0.6) is 0 Å². The van der Waals surface area contributed by atoms with E-state index in [1.165, 1.54) is 16.2 Å². The number of halogens is 1. The Labute approximate surface area is 269 Å². The van der Waals surface area contributed by atoms with Gasteiger partial charge in [-0.25, -0.2) is 14.8 Å². The maximum atomic E-state index is 13.8. The average Bonchev–Trinajstić information content (AvgIpc) is 3.60. The number of carbonyl (C=O) groups is 1. The Morgan fingerprint density at radius 2 is 2.00 bits per heavy atom. The molecule has 5 aromatic rings. The molecular weight excluding hydrogens is 614 g/mol. The Bertz CT molecular complexity index is 1950. The number of aryl methyl sites for hydroxylation is 5. The van der Waals surface area contributed by atoms with Gasteiger partial charge >= 0.3 is 5.97 Å². The van der Waals surface area contributed by atoms with Gasteiger partial charge in [-0.2, -0.15) is 0 Å². The molecule has 228 valence electrons. The normalized spacial score (nSPS) is 14.8. The number of aromatic nitrogens is 4. The molecule has 4 aromatic heterocycles. The number of likely N-dealkylation sites (N-methyl/N-ethyl adjacent to an activating group) is 1. The van der Waals surface area contributed by atoms with Gasteiger partial charge in [-0.05, 0) is 89.2 Å². The lowest BCUT2D eigenvalue weighted by Gasteiger charge is -2.32. The molecule has 1 N–H and O–H groups in total. The molecule has 1 atom stereocenters. The number of benzene rings is 1. The first-order valence-electron chi connectivity index (χ1n) is 14.7. The molecule has 0 bridgehead atoms. The molecular formula is C33H34ClN5O3S2. The molecule has 0 radical (unpaired) electrons. The molecule has 0 saturated heterocycles. The predicted octanol–water partition coefficient (Wildman–Crippen LogP) is 6.88. The molecule has 44 heavy (non-hydrogen) atoms. The molecule has 0 spiro atoms. The van der Waals surface area contributed by atoms with E-state index in [0.717, 1.165) is 81.4 Å². The second-order valence-corrected chi connectivity index (χ2v) is 14.2. The van der Waals surface area contributed by atoms with Crippen LogP contribution in [0.4, 0.5) is 0 Å². The van der Waals surface area contributed by atoms with Gasteiger partial charge in [0.2, 0.25) is 0 Å². The largest absolute Gasteiger partial charge is 0.478 e. The maximum absolute atomic E-state index is 13.8. The van der Waals surface area contributed by atoms with Crippen LogP contribution < -0.4 is 5.56 Å². The van der Waals surface area contributed by atoms with Crippen LogP contribution >= 0.6 is 34.3 Å². The molecule has 1 unspecified atom stereocenters. The van der Waals surface area contributed by atoms with E-state index in [1.807, 2.05) is 55.8 Å². The molecule has 0 amide bonds. The summed E-state index contributed by atoms with van der Waals surface area (Å²) in [5, 5.41) is 13.0. The van der Waals surface area contributed by atoms with Gasteiger partial charge in [-0.3, -0.25) is 19.2 Å². The van der Waals surface area contributed by atoms with Crippen molar-refractivity contribution in [2.45, 2.75) is 72.0 Å². The number of pyridine rings is 1. The molecule has 0 saturated carbocycles. The smallest absolute Gasteiger partial charge is 0.338 e. The number of nitrogens with zero attached hydrogens (tertiary/aromatic N) is 5. The summed E-state index contributed by atoms with van der Waals surface area (Å²) in [4.78, 5) is 43.0. The minimum atomic E-state index is -0.987. The Hall–Kier alpha value is -3.44. The summed E-state index contributed by atoms with van der Waals surface area (Å²) in [6.45, 7) is 7.20. The number of thiazole rings is 1. The second kappa shape index (κ2) is 12.5. The summed E-state index contributed by atoms with van der Waals surface area (Å²) >= 11 is 9.57. The fraction of sp³-hybridized carbons (Fsp3) is 0.364. The van der Waals surface area contributed by atoms with Crippen molar-refractivity contribution in [3.05, 3.63) is 95.0 Å². The highest BCUT2D eigenvalue weighted by Gasteiger charge is 2.27. The zero-order valence-electron chi connectivity index (χ0n) is 25.2. The van der Waals surface area contributed by atoms with E-state index in [0.29, 0.717) is 23.5 Å². The molecule has 8 nitrogen and oxygen atoms in total. The van der Waals surface area contributed by atoms with E-state index < -0.39 is 5.97 Å². The molecule has 1 aromatic carbocycles. The van der Waals surface area contributed by atoms with Gasteiger partial charge in [0.15, 0.2) is 0 Å². The van der Waals surface area contributed by atoms with Gasteiger partial charge in [0.25, 0.3) is 5.56 Å². The van der Waals surface area contributed by atoms with E-state index in [2.05, 4.69) is 21.9 Å². The second-order valence-electron chi connectivity index (χ2n) is 11.5. The third-order valence-corrected chi connectivity index (χ3v) is 10.6. The highest BCUT2D eigenvalue weighted by molar-refractivity contribution is 7.18. The first kappa shape index (κ1) is 30.6. The Kier molecular flexibility index (Phi) is 8.70. The van der Waals surface area contributed by atoms with Crippen molar-refractivity contribution in [3.8, 4) is 11.1 Å². The highest BCUT2D eigenvalue weighted by atomic mass is 35.5. The minimum absolute atomic E-state index is 0.0711. The molecule has 0 fully saturated rings. The molecule has 0 aliphatic heterocycles. The van der Waals surface area contributed by atoms with Gasteiger partial charge in [-0.15, -0.1) is 22.7 Å². The number of carboxylic acids is 1. The van der Waals surface area contributed by atoms with Gasteiger partial charge in [0, 0.05) is 57.4 Å². The first-order valence-corrected chi connectivity index (χ1v) is 16.8. The lowest BCUT2D eigenvalue weighted by molar-refractivity contribution is 0.0699. The topological polar surface area (TPSA) is 101 Å². The van der Waals surface area contributed by atoms with Crippen molar-refractivity contribution in [2.75, 3.05) is 7.05 Å². The summed E-state index contributed by atoms with van der Waals surface area (Å²) in [6, 6.07) is 8.12. The fourth-order valence-corrected chi connectivity index (χ4v) is 8.28. The summed E-state index contributed by atoms with van der Waals surface area (Å²) in [5.41, 5.74) is 6.27. The molecule has 11 heteroatoms. The van der Waals surface area contributed by atoms with Crippen molar-refractivity contribution in [1.82, 2.24) is 24.4 Å². The minimum Gasteiger partial charge on any atom is -0.478 e. The summed E-state index contributed by atoms with van der Waals surface area (Å²) in [5.74, 6) is -0.234. The Morgan fingerprint density at radius 1 is 1.18 bits per heavy atom. The molecule has 6 rings (SSSR count). The lowest BCUT2D eigenvalue weighted by atomic mass is 9.91. The van der Waals surface area contributed by atoms with Crippen LogP contribution in [0.25, 0.3) is 21.3 Å². The van der Waals surface area contributed by atoms with Gasteiger partial charge in [0.05, 0.1) is 26.5 Å². The Morgan fingerprint density at radius 3 is 2.75 bits per heavy atom. The zero-order valence-corrected chi connectivity index (χ0v) is 27.6. The first-order chi connectivity index (χ1) is 21.1. The zero-order chi connectivity index (χ0) is 31.1. The van der Waals surface area contributed by atoms with E-state index >= 15 is 0 Å². The quantitative estimate of drug-likeness (QED) is 0.186. The van der Waals surface area contributed by atoms with Crippen molar-refractivity contribution >= 4 is 50.5 Å².